The fourth-order valence-corrected chi connectivity index (χ4v) is 5.60. The van der Waals surface area contributed by atoms with Crippen molar-refractivity contribution in [3.05, 3.63) is 89.1 Å². The standard InChI is InChI=1S/C35H44N4O3/c1-25-28(22-36-18-21-41-5)8-15-33-32(25)24-39(37-33)23-26-16-19-38(20-17-26)34(40)27-6-11-30(12-7-27)42-31-13-9-29(10-14-31)35(2,3)4/h6-15,24,26,36H,16-23H2,1-5H3. The summed E-state index contributed by atoms with van der Waals surface area (Å²) in [4.78, 5) is 15.2. The lowest BCUT2D eigenvalue weighted by molar-refractivity contribution is 0.0681. The Morgan fingerprint density at radius 2 is 1.64 bits per heavy atom. The first-order chi connectivity index (χ1) is 20.2. The lowest BCUT2D eigenvalue weighted by Gasteiger charge is -2.32. The number of fused-ring (bicyclic) bond motifs is 1. The van der Waals surface area contributed by atoms with Crippen LogP contribution in [0.15, 0.2) is 66.9 Å². The average molecular weight is 569 g/mol. The number of ether oxygens (including phenoxy) is 2. The fourth-order valence-electron chi connectivity index (χ4n) is 5.60. The van der Waals surface area contributed by atoms with Crippen molar-refractivity contribution in [2.45, 2.75) is 59.0 Å². The van der Waals surface area contributed by atoms with Gasteiger partial charge in [-0.1, -0.05) is 39.0 Å². The summed E-state index contributed by atoms with van der Waals surface area (Å²) in [7, 11) is 1.72. The maximum Gasteiger partial charge on any atom is 0.253 e. The highest BCUT2D eigenvalue weighted by molar-refractivity contribution is 5.94. The molecule has 0 bridgehead atoms. The van der Waals surface area contributed by atoms with E-state index in [1.807, 2.05) is 41.3 Å². The topological polar surface area (TPSA) is 68.6 Å². The summed E-state index contributed by atoms with van der Waals surface area (Å²) in [6.07, 6.45) is 4.13. The maximum absolute atomic E-state index is 13.2. The predicted octanol–water partition coefficient (Wildman–Crippen LogP) is 6.72. The predicted molar refractivity (Wildman–Crippen MR) is 168 cm³/mol. The molecule has 0 aliphatic carbocycles. The van der Waals surface area contributed by atoms with Gasteiger partial charge >= 0.3 is 0 Å². The van der Waals surface area contributed by atoms with Crippen molar-refractivity contribution in [3.8, 4) is 11.5 Å². The minimum atomic E-state index is 0.0848. The van der Waals surface area contributed by atoms with Crippen LogP contribution >= 0.6 is 0 Å². The second-order valence-electron chi connectivity index (χ2n) is 12.4. The summed E-state index contributed by atoms with van der Waals surface area (Å²) in [5.74, 6) is 2.10. The first-order valence-electron chi connectivity index (χ1n) is 15.0. The van der Waals surface area contributed by atoms with Crippen molar-refractivity contribution in [2.24, 2.45) is 5.92 Å². The molecule has 1 saturated heterocycles. The largest absolute Gasteiger partial charge is 0.457 e. The number of likely N-dealkylation sites (tertiary alicyclic amines) is 1. The van der Waals surface area contributed by atoms with E-state index in [0.29, 0.717) is 18.1 Å². The number of benzene rings is 3. The number of hydrogen-bond donors (Lipinski definition) is 1. The third-order valence-electron chi connectivity index (χ3n) is 8.32. The number of aromatic nitrogens is 2. The van der Waals surface area contributed by atoms with Crippen LogP contribution < -0.4 is 10.1 Å². The fraction of sp³-hybridized carbons (Fsp3) is 0.429. The molecule has 42 heavy (non-hydrogen) atoms. The Morgan fingerprint density at radius 1 is 0.976 bits per heavy atom. The number of carbonyl (C=O) groups excluding carboxylic acids is 1. The highest BCUT2D eigenvalue weighted by Crippen LogP contribution is 2.28. The third-order valence-corrected chi connectivity index (χ3v) is 8.32. The zero-order valence-electron chi connectivity index (χ0n) is 25.7. The van der Waals surface area contributed by atoms with E-state index in [1.54, 1.807) is 7.11 Å². The molecule has 0 atom stereocenters. The number of nitrogens with one attached hydrogen (secondary N) is 1. The van der Waals surface area contributed by atoms with Crippen LogP contribution in [0.2, 0.25) is 0 Å². The van der Waals surface area contributed by atoms with Gasteiger partial charge in [-0.25, -0.2) is 0 Å². The van der Waals surface area contributed by atoms with Crippen molar-refractivity contribution < 1.29 is 14.3 Å². The molecule has 1 fully saturated rings. The highest BCUT2D eigenvalue weighted by atomic mass is 16.5. The van der Waals surface area contributed by atoms with Gasteiger partial charge in [0.1, 0.15) is 11.5 Å². The molecule has 1 N–H and O–H groups in total. The summed E-state index contributed by atoms with van der Waals surface area (Å²) >= 11 is 0. The Kier molecular flexibility index (Phi) is 9.29. The van der Waals surface area contributed by atoms with Gasteiger partial charge in [0.25, 0.3) is 5.91 Å². The zero-order valence-corrected chi connectivity index (χ0v) is 25.7. The Morgan fingerprint density at radius 3 is 2.29 bits per heavy atom. The van der Waals surface area contributed by atoms with E-state index in [2.05, 4.69) is 68.2 Å². The second kappa shape index (κ2) is 13.1. The maximum atomic E-state index is 13.2. The quantitative estimate of drug-likeness (QED) is 0.215. The van der Waals surface area contributed by atoms with Crippen LogP contribution in [0, 0.1) is 12.8 Å². The molecule has 3 aromatic carbocycles. The molecule has 1 amide bonds. The molecule has 2 heterocycles. The molecule has 0 unspecified atom stereocenters. The average Bonchev–Trinajstić information content (AvgIpc) is 3.40. The number of hydrogen-bond acceptors (Lipinski definition) is 5. The summed E-state index contributed by atoms with van der Waals surface area (Å²) in [6.45, 7) is 13.5. The lowest BCUT2D eigenvalue weighted by Crippen LogP contribution is -2.39. The number of nitrogens with zero attached hydrogens (tertiary/aromatic N) is 3. The Hall–Kier alpha value is -3.68. The van der Waals surface area contributed by atoms with Crippen molar-refractivity contribution in [1.29, 1.82) is 0 Å². The lowest BCUT2D eigenvalue weighted by atomic mass is 9.87. The van der Waals surface area contributed by atoms with E-state index in [9.17, 15) is 4.79 Å². The number of carbonyl (C=O) groups is 1. The Labute approximate surface area is 249 Å². The van der Waals surface area contributed by atoms with Crippen LogP contribution in [0.5, 0.6) is 11.5 Å². The van der Waals surface area contributed by atoms with Gasteiger partial charge in [-0.2, -0.15) is 5.10 Å². The normalized spacial score (nSPS) is 14.5. The number of amides is 1. The van der Waals surface area contributed by atoms with E-state index < -0.39 is 0 Å². The number of piperidine rings is 1. The summed E-state index contributed by atoms with van der Waals surface area (Å²) < 4.78 is 13.2. The molecule has 0 spiro atoms. The van der Waals surface area contributed by atoms with Crippen molar-refractivity contribution in [3.63, 3.8) is 0 Å². The van der Waals surface area contributed by atoms with E-state index >= 15 is 0 Å². The summed E-state index contributed by atoms with van der Waals surface area (Å²) in [6, 6.07) is 20.0. The van der Waals surface area contributed by atoms with Gasteiger partial charge in [-0.15, -0.1) is 0 Å². The van der Waals surface area contributed by atoms with Crippen molar-refractivity contribution >= 4 is 16.8 Å². The van der Waals surface area contributed by atoms with Crippen LogP contribution in [0.1, 0.15) is 60.7 Å². The van der Waals surface area contributed by atoms with Gasteiger partial charge in [0.05, 0.1) is 12.1 Å². The smallest absolute Gasteiger partial charge is 0.253 e. The van der Waals surface area contributed by atoms with E-state index in [0.717, 1.165) is 62.6 Å². The van der Waals surface area contributed by atoms with E-state index in [-0.39, 0.29) is 11.3 Å². The van der Waals surface area contributed by atoms with Gasteiger partial charge in [0, 0.05) is 57.0 Å². The van der Waals surface area contributed by atoms with Crippen LogP contribution in [0.3, 0.4) is 0 Å². The van der Waals surface area contributed by atoms with E-state index in [4.69, 9.17) is 14.6 Å². The van der Waals surface area contributed by atoms with Crippen molar-refractivity contribution in [1.82, 2.24) is 20.0 Å². The molecule has 1 aliphatic heterocycles. The monoisotopic (exact) mass is 568 g/mol. The van der Waals surface area contributed by atoms with Gasteiger partial charge in [0.2, 0.25) is 0 Å². The first-order valence-corrected chi connectivity index (χ1v) is 15.0. The number of aryl methyl sites for hydroxylation is 1. The van der Waals surface area contributed by atoms with Gasteiger partial charge < -0.3 is 19.7 Å². The molecule has 0 radical (unpaired) electrons. The van der Waals surface area contributed by atoms with Gasteiger partial charge in [-0.3, -0.25) is 9.48 Å². The third kappa shape index (κ3) is 7.20. The molecular formula is C35H44N4O3. The minimum Gasteiger partial charge on any atom is -0.457 e. The number of methoxy groups -OCH3 is 1. The van der Waals surface area contributed by atoms with E-state index in [1.165, 1.54) is 22.1 Å². The highest BCUT2D eigenvalue weighted by Gasteiger charge is 2.24. The molecular weight excluding hydrogens is 524 g/mol. The zero-order chi connectivity index (χ0) is 29.7. The molecule has 7 nitrogen and oxygen atoms in total. The molecule has 1 aliphatic rings. The Bertz CT molecular complexity index is 1480. The van der Waals surface area contributed by atoms with Crippen molar-refractivity contribution in [2.75, 3.05) is 33.4 Å². The second-order valence-corrected chi connectivity index (χ2v) is 12.4. The molecule has 4 aromatic rings. The van der Waals surface area contributed by atoms with Crippen LogP contribution in [-0.2, 0) is 23.2 Å². The Balaban J connectivity index is 1.12. The summed E-state index contributed by atoms with van der Waals surface area (Å²) in [5, 5.41) is 9.50. The van der Waals surface area contributed by atoms with Crippen LogP contribution in [-0.4, -0.2) is 53.9 Å². The molecule has 0 saturated carbocycles. The minimum absolute atomic E-state index is 0.0848. The van der Waals surface area contributed by atoms with Crippen LogP contribution in [0.4, 0.5) is 0 Å². The summed E-state index contributed by atoms with van der Waals surface area (Å²) in [5.41, 5.74) is 5.68. The molecule has 1 aromatic heterocycles. The molecule has 5 rings (SSSR count). The SMILES string of the molecule is COCCNCc1ccc2nn(CC3CCN(C(=O)c4ccc(Oc5ccc(C(C)(C)C)cc5)cc4)CC3)cc2c1C. The molecule has 222 valence electrons. The van der Waals surface area contributed by atoms with Gasteiger partial charge in [-0.05, 0) is 90.3 Å². The van der Waals surface area contributed by atoms with Crippen LogP contribution in [0.25, 0.3) is 10.9 Å². The van der Waals surface area contributed by atoms with Gasteiger partial charge in [0.15, 0.2) is 0 Å². The molecule has 7 heteroatoms. The number of rotatable bonds is 10. The first kappa shape index (κ1) is 29.8.